The normalized spacial score (nSPS) is 12.2. The Morgan fingerprint density at radius 1 is 1.33 bits per heavy atom. The first kappa shape index (κ1) is 17.4. The van der Waals surface area contributed by atoms with E-state index in [0.29, 0.717) is 17.7 Å². The Balaban J connectivity index is 2.52. The molecule has 1 rings (SSSR count). The summed E-state index contributed by atoms with van der Waals surface area (Å²) in [5, 5.41) is 19.3. The minimum atomic E-state index is -0.534. The fraction of sp³-hybridized carbons (Fsp3) is 0.727. The number of amides is 3. The van der Waals surface area contributed by atoms with E-state index < -0.39 is 17.2 Å². The summed E-state index contributed by atoms with van der Waals surface area (Å²) < 4.78 is 1.63. The number of hydrogen-bond donors (Lipinski definition) is 3. The lowest BCUT2D eigenvalue weighted by atomic mass is 10.4. The van der Waals surface area contributed by atoms with Gasteiger partial charge in [-0.15, -0.1) is 5.10 Å². The maximum absolute atomic E-state index is 11.8. The van der Waals surface area contributed by atoms with Crippen LogP contribution in [0.5, 0.6) is 0 Å². The Labute approximate surface area is 127 Å². The second-order valence-electron chi connectivity index (χ2n) is 4.62. The van der Waals surface area contributed by atoms with Gasteiger partial charge < -0.3 is 10.6 Å². The van der Waals surface area contributed by atoms with Crippen molar-refractivity contribution in [1.82, 2.24) is 36.2 Å². The Morgan fingerprint density at radius 2 is 2.05 bits per heavy atom. The molecule has 1 aromatic heterocycles. The molecule has 0 aliphatic carbocycles. The zero-order valence-electron chi connectivity index (χ0n) is 12.6. The molecule has 0 fully saturated rings. The highest BCUT2D eigenvalue weighted by Gasteiger charge is 2.19. The van der Waals surface area contributed by atoms with Crippen molar-refractivity contribution < 1.29 is 9.59 Å². The van der Waals surface area contributed by atoms with Crippen LogP contribution in [0.4, 0.5) is 4.79 Å². The van der Waals surface area contributed by atoms with Crippen molar-refractivity contribution in [3.05, 3.63) is 0 Å². The van der Waals surface area contributed by atoms with E-state index in [1.54, 1.807) is 11.6 Å². The Kier molecular flexibility index (Phi) is 7.09. The number of tetrazole rings is 1. The smallest absolute Gasteiger partial charge is 0.321 e. The molecule has 0 aliphatic heterocycles. The number of thioether (sulfide) groups is 1. The molecule has 0 aliphatic rings. The Morgan fingerprint density at radius 3 is 2.67 bits per heavy atom. The van der Waals surface area contributed by atoms with E-state index in [1.807, 2.05) is 0 Å². The summed E-state index contributed by atoms with van der Waals surface area (Å²) in [6, 6.07) is -0.150. The Bertz CT molecular complexity index is 477. The summed E-state index contributed by atoms with van der Waals surface area (Å²) in [6.45, 7) is 7.14. The van der Waals surface area contributed by atoms with Gasteiger partial charge in [0.25, 0.3) is 0 Å². The second-order valence-corrected chi connectivity index (χ2v) is 5.93. The molecule has 0 radical (unpaired) electrons. The summed E-state index contributed by atoms with van der Waals surface area (Å²) in [4.78, 5) is 22.9. The SMILES string of the molecule is CNC(=O)NC(=O)C(C)Sc1nnnn1CCNC(C)C. The molecule has 0 bridgehead atoms. The maximum Gasteiger partial charge on any atom is 0.321 e. The number of nitrogens with one attached hydrogen (secondary N) is 3. The summed E-state index contributed by atoms with van der Waals surface area (Å²) in [5.74, 6) is -0.394. The lowest BCUT2D eigenvalue weighted by Gasteiger charge is -2.11. The molecule has 3 amide bonds. The van der Waals surface area contributed by atoms with Crippen LogP contribution in [0.1, 0.15) is 20.8 Å². The van der Waals surface area contributed by atoms with Crippen LogP contribution in [0.3, 0.4) is 0 Å². The van der Waals surface area contributed by atoms with Crippen LogP contribution < -0.4 is 16.0 Å². The fourth-order valence-electron chi connectivity index (χ4n) is 1.37. The van der Waals surface area contributed by atoms with Crippen molar-refractivity contribution in [2.75, 3.05) is 13.6 Å². The van der Waals surface area contributed by atoms with Crippen molar-refractivity contribution in [3.63, 3.8) is 0 Å². The number of carbonyl (C=O) groups is 2. The first-order chi connectivity index (χ1) is 9.93. The molecule has 1 atom stereocenters. The minimum Gasteiger partial charge on any atom is -0.341 e. The van der Waals surface area contributed by atoms with E-state index in [-0.39, 0.29) is 0 Å². The van der Waals surface area contributed by atoms with E-state index >= 15 is 0 Å². The van der Waals surface area contributed by atoms with Crippen LogP contribution in [0.25, 0.3) is 0 Å². The molecule has 0 spiro atoms. The largest absolute Gasteiger partial charge is 0.341 e. The van der Waals surface area contributed by atoms with Gasteiger partial charge in [0.2, 0.25) is 11.1 Å². The van der Waals surface area contributed by atoms with Gasteiger partial charge in [-0.05, 0) is 17.4 Å². The predicted molar refractivity (Wildman–Crippen MR) is 78.9 cm³/mol. The number of hydrogen-bond acceptors (Lipinski definition) is 7. The molecule has 10 heteroatoms. The summed E-state index contributed by atoms with van der Waals surface area (Å²) in [6.07, 6.45) is 0. The molecule has 1 unspecified atom stereocenters. The van der Waals surface area contributed by atoms with E-state index in [2.05, 4.69) is 45.3 Å². The van der Waals surface area contributed by atoms with Crippen molar-refractivity contribution in [2.24, 2.45) is 0 Å². The van der Waals surface area contributed by atoms with E-state index in [9.17, 15) is 9.59 Å². The highest BCUT2D eigenvalue weighted by molar-refractivity contribution is 8.00. The van der Waals surface area contributed by atoms with Crippen LogP contribution >= 0.6 is 11.8 Å². The van der Waals surface area contributed by atoms with Crippen LogP contribution in [0.2, 0.25) is 0 Å². The summed E-state index contributed by atoms with van der Waals surface area (Å²) in [5.41, 5.74) is 0. The molecular formula is C11H21N7O2S. The number of urea groups is 1. The average Bonchev–Trinajstić information content (AvgIpc) is 2.85. The molecular weight excluding hydrogens is 294 g/mol. The first-order valence-electron chi connectivity index (χ1n) is 6.62. The highest BCUT2D eigenvalue weighted by Crippen LogP contribution is 2.19. The molecule has 118 valence electrons. The van der Waals surface area contributed by atoms with Crippen LogP contribution in [0, 0.1) is 0 Å². The standard InChI is InChI=1S/C11H21N7O2S/c1-7(2)13-5-6-18-11(15-16-17-18)21-8(3)9(19)14-10(20)12-4/h7-8,13H,5-6H2,1-4H3,(H2,12,14,19,20). The van der Waals surface area contributed by atoms with Gasteiger partial charge in [0, 0.05) is 19.6 Å². The lowest BCUT2D eigenvalue weighted by Crippen LogP contribution is -2.41. The fourth-order valence-corrected chi connectivity index (χ4v) is 2.18. The predicted octanol–water partition coefficient (Wildman–Crippen LogP) is -0.393. The van der Waals surface area contributed by atoms with Gasteiger partial charge in [0.1, 0.15) is 0 Å². The third-order valence-corrected chi connectivity index (χ3v) is 3.56. The van der Waals surface area contributed by atoms with Crippen LogP contribution in [-0.4, -0.2) is 57.0 Å². The Hall–Kier alpha value is -1.68. The summed E-state index contributed by atoms with van der Waals surface area (Å²) in [7, 11) is 1.45. The van der Waals surface area contributed by atoms with Gasteiger partial charge >= 0.3 is 6.03 Å². The van der Waals surface area contributed by atoms with Gasteiger partial charge in [0.05, 0.1) is 11.8 Å². The molecule has 9 nitrogen and oxygen atoms in total. The molecule has 3 N–H and O–H groups in total. The number of carbonyl (C=O) groups excluding carboxylic acids is 2. The van der Waals surface area contributed by atoms with Crippen molar-refractivity contribution in [2.45, 2.75) is 43.8 Å². The second kappa shape index (κ2) is 8.57. The number of rotatable bonds is 7. The van der Waals surface area contributed by atoms with Crippen LogP contribution in [-0.2, 0) is 11.3 Å². The van der Waals surface area contributed by atoms with E-state index in [4.69, 9.17) is 0 Å². The van der Waals surface area contributed by atoms with Crippen LogP contribution in [0.15, 0.2) is 5.16 Å². The van der Waals surface area contributed by atoms with Crippen molar-refractivity contribution in [1.29, 1.82) is 0 Å². The monoisotopic (exact) mass is 315 g/mol. The minimum absolute atomic E-state index is 0.384. The maximum atomic E-state index is 11.8. The van der Waals surface area contributed by atoms with Crippen molar-refractivity contribution >= 4 is 23.7 Å². The highest BCUT2D eigenvalue weighted by atomic mass is 32.2. The number of aromatic nitrogens is 4. The van der Waals surface area contributed by atoms with Gasteiger partial charge in [-0.2, -0.15) is 0 Å². The molecule has 0 saturated carbocycles. The zero-order chi connectivity index (χ0) is 15.8. The van der Waals surface area contributed by atoms with E-state index in [0.717, 1.165) is 6.54 Å². The zero-order valence-corrected chi connectivity index (χ0v) is 13.4. The quantitative estimate of drug-likeness (QED) is 0.587. The van der Waals surface area contributed by atoms with Gasteiger partial charge in [-0.25, -0.2) is 9.48 Å². The number of nitrogens with zero attached hydrogens (tertiary/aromatic N) is 4. The number of imide groups is 1. The topological polar surface area (TPSA) is 114 Å². The van der Waals surface area contributed by atoms with Crippen molar-refractivity contribution in [3.8, 4) is 0 Å². The molecule has 1 heterocycles. The van der Waals surface area contributed by atoms with Gasteiger partial charge in [-0.1, -0.05) is 25.6 Å². The molecule has 0 aromatic carbocycles. The third kappa shape index (κ3) is 6.08. The first-order valence-corrected chi connectivity index (χ1v) is 7.50. The molecule has 0 saturated heterocycles. The molecule has 21 heavy (non-hydrogen) atoms. The van der Waals surface area contributed by atoms with Gasteiger partial charge in [-0.3, -0.25) is 10.1 Å². The average molecular weight is 315 g/mol. The van der Waals surface area contributed by atoms with Gasteiger partial charge in [0.15, 0.2) is 0 Å². The molecule has 1 aromatic rings. The van der Waals surface area contributed by atoms with E-state index in [1.165, 1.54) is 18.8 Å². The lowest BCUT2D eigenvalue weighted by molar-refractivity contribution is -0.119. The third-order valence-electron chi connectivity index (χ3n) is 2.49. The summed E-state index contributed by atoms with van der Waals surface area (Å²) >= 11 is 1.20.